The van der Waals surface area contributed by atoms with Gasteiger partial charge >= 0.3 is 12.1 Å². The number of carbonyl (C=O) groups is 2. The number of carbonyl (C=O) groups excluding carboxylic acids is 2. The first-order valence-electron chi connectivity index (χ1n) is 18.7. The van der Waals surface area contributed by atoms with Gasteiger partial charge < -0.3 is 14.2 Å². The van der Waals surface area contributed by atoms with Gasteiger partial charge in [0, 0.05) is 6.04 Å². The number of aromatic nitrogens is 3. The zero-order chi connectivity index (χ0) is 38.6. The topological polar surface area (TPSA) is 152 Å². The highest BCUT2D eigenvalue weighted by atomic mass is 32.2. The normalized spacial score (nSPS) is 29.4. The molecule has 0 bridgehead atoms. The zero-order valence-corrected chi connectivity index (χ0v) is 32.4. The second-order valence-corrected chi connectivity index (χ2v) is 17.5. The molecule has 13 nitrogen and oxygen atoms in total. The summed E-state index contributed by atoms with van der Waals surface area (Å²) in [7, 11) is -3.51. The van der Waals surface area contributed by atoms with E-state index in [2.05, 4.69) is 35.4 Å². The molecule has 0 radical (unpaired) electrons. The van der Waals surface area contributed by atoms with E-state index in [1.54, 1.807) is 48.5 Å². The maximum Gasteiger partial charge on any atom is 0.424 e. The van der Waals surface area contributed by atoms with Crippen LogP contribution in [0.25, 0.3) is 10.5 Å². The van der Waals surface area contributed by atoms with E-state index >= 15 is 0 Å². The molecule has 3 aliphatic rings. The molecule has 6 atom stereocenters. The fraction of sp³-hybridized carbons (Fsp3) is 0.500. The summed E-state index contributed by atoms with van der Waals surface area (Å²) >= 11 is 0. The van der Waals surface area contributed by atoms with Crippen molar-refractivity contribution in [2.45, 2.75) is 102 Å². The van der Waals surface area contributed by atoms with Crippen molar-refractivity contribution >= 4 is 44.8 Å². The molecule has 6 unspecified atom stereocenters. The summed E-state index contributed by atoms with van der Waals surface area (Å²) in [4.78, 5) is 38.8. The highest BCUT2D eigenvalue weighted by Gasteiger charge is 2.71. The van der Waals surface area contributed by atoms with Gasteiger partial charge in [-0.05, 0) is 87.5 Å². The summed E-state index contributed by atoms with van der Waals surface area (Å²) in [5.74, 6) is -0.262. The van der Waals surface area contributed by atoms with Gasteiger partial charge in [0.05, 0.1) is 35.7 Å². The van der Waals surface area contributed by atoms with Crippen LogP contribution in [-0.4, -0.2) is 64.7 Å². The maximum absolute atomic E-state index is 14.4. The molecule has 2 aliphatic carbocycles. The van der Waals surface area contributed by atoms with Crippen molar-refractivity contribution in [1.82, 2.24) is 19.3 Å². The summed E-state index contributed by atoms with van der Waals surface area (Å²) < 4.78 is 47.7. The zero-order valence-electron chi connectivity index (χ0n) is 31.5. The molecule has 1 aliphatic heterocycles. The standard InChI is InChI=1S/C40H48N6O7S/c1-8-39(5)40(53-39)20-19-27(44-54(7,49)50)23-30(40)34-42-35-31(37(47)51-33-25(3)21-24(2)22-26(33)4)32(41-6)36(46(35)43-34)52-38(48)45(28-15-11-9-12-16-28)29-17-13-10-14-18-29/h9-18,24-27,30,33,44H,8,19-23H2,1-5,7H3,(H,42,43). The van der Waals surface area contributed by atoms with Gasteiger partial charge in [0.15, 0.2) is 5.65 Å². The van der Waals surface area contributed by atoms with Crippen molar-refractivity contribution in [1.29, 1.82) is 0 Å². The maximum atomic E-state index is 14.4. The van der Waals surface area contributed by atoms with Gasteiger partial charge in [-0.25, -0.2) is 42.0 Å². The van der Waals surface area contributed by atoms with E-state index in [4.69, 9.17) is 25.8 Å². The van der Waals surface area contributed by atoms with Gasteiger partial charge in [0.2, 0.25) is 15.9 Å². The molecule has 1 amide bonds. The average Bonchev–Trinajstić information content (AvgIpc) is 3.36. The van der Waals surface area contributed by atoms with Gasteiger partial charge in [-0.3, -0.25) is 5.10 Å². The van der Waals surface area contributed by atoms with E-state index in [-0.39, 0.29) is 46.8 Å². The Bertz CT molecular complexity index is 2150. The second kappa shape index (κ2) is 14.2. The molecule has 3 heterocycles. The minimum absolute atomic E-state index is 0.0754. The van der Waals surface area contributed by atoms with Crippen LogP contribution < -0.4 is 14.4 Å². The van der Waals surface area contributed by atoms with Crippen LogP contribution in [0.3, 0.4) is 0 Å². The summed E-state index contributed by atoms with van der Waals surface area (Å²) in [5.41, 5.74) is -0.303. The van der Waals surface area contributed by atoms with Crippen LogP contribution in [-0.2, 0) is 19.5 Å². The molecule has 286 valence electrons. The van der Waals surface area contributed by atoms with Gasteiger partial charge in [0.25, 0.3) is 5.69 Å². The Morgan fingerprint density at radius 2 is 1.67 bits per heavy atom. The number of benzene rings is 2. The number of para-hydroxylation sites is 2. The average molecular weight is 757 g/mol. The number of hydrogen-bond donors (Lipinski definition) is 2. The predicted octanol–water partition coefficient (Wildman–Crippen LogP) is 7.90. The Morgan fingerprint density at radius 3 is 2.20 bits per heavy atom. The number of sulfonamides is 1. The predicted molar refractivity (Wildman–Crippen MR) is 204 cm³/mol. The van der Waals surface area contributed by atoms with Gasteiger partial charge in [-0.2, -0.15) is 0 Å². The number of hydrogen-bond acceptors (Lipinski definition) is 8. The summed E-state index contributed by atoms with van der Waals surface area (Å²) in [6.45, 7) is 18.7. The Balaban J connectivity index is 1.35. The van der Waals surface area contributed by atoms with Crippen LogP contribution in [0.1, 0.15) is 95.2 Å². The third-order valence-corrected chi connectivity index (χ3v) is 12.5. The fourth-order valence-electron chi connectivity index (χ4n) is 9.18. The quantitative estimate of drug-likeness (QED) is 0.0994. The van der Waals surface area contributed by atoms with Crippen molar-refractivity contribution in [3.05, 3.63) is 83.5 Å². The van der Waals surface area contributed by atoms with Gasteiger partial charge in [-0.15, -0.1) is 0 Å². The van der Waals surface area contributed by atoms with E-state index < -0.39 is 39.2 Å². The number of rotatable bonds is 9. The van der Waals surface area contributed by atoms with Crippen molar-refractivity contribution < 1.29 is 32.2 Å². The van der Waals surface area contributed by atoms with E-state index in [0.29, 0.717) is 42.4 Å². The van der Waals surface area contributed by atoms with Crippen LogP contribution >= 0.6 is 0 Å². The summed E-state index contributed by atoms with van der Waals surface area (Å²) in [5, 5.41) is 3.28. The van der Waals surface area contributed by atoms with Gasteiger partial charge in [-0.1, -0.05) is 64.1 Å². The number of ether oxygens (including phenoxy) is 3. The largest absolute Gasteiger partial charge is 0.459 e. The van der Waals surface area contributed by atoms with E-state index in [1.807, 2.05) is 26.0 Å². The number of anilines is 2. The monoisotopic (exact) mass is 756 g/mol. The first-order chi connectivity index (χ1) is 25.7. The van der Waals surface area contributed by atoms with Crippen LogP contribution in [0.4, 0.5) is 21.9 Å². The smallest absolute Gasteiger partial charge is 0.424 e. The Morgan fingerprint density at radius 1 is 1.06 bits per heavy atom. The molecule has 2 aromatic carbocycles. The third kappa shape index (κ3) is 6.78. The molecular weight excluding hydrogens is 709 g/mol. The highest BCUT2D eigenvalue weighted by Crippen LogP contribution is 2.63. The van der Waals surface area contributed by atoms with E-state index in [1.165, 1.54) is 9.42 Å². The Labute approximate surface area is 316 Å². The minimum atomic E-state index is -3.51. The first-order valence-corrected chi connectivity index (χ1v) is 20.6. The molecule has 54 heavy (non-hydrogen) atoms. The number of fused-ring (bicyclic) bond motifs is 1. The van der Waals surface area contributed by atoms with E-state index in [9.17, 15) is 18.0 Å². The number of aromatic amines is 1. The lowest BCUT2D eigenvalue weighted by Gasteiger charge is -2.37. The Hall–Kier alpha value is -4.71. The number of amides is 1. The third-order valence-electron chi connectivity index (χ3n) is 11.7. The SMILES string of the molecule is [C-]#[N+]c1c(C(=O)OC2C(C)CC(C)CC2C)c2nc(C3CC(NS(C)(=O)=O)CCC34OC4(C)CC)[nH]n2c1OC(=O)N(c1ccccc1)c1ccccc1. The number of epoxide rings is 1. The van der Waals surface area contributed by atoms with Crippen LogP contribution in [0.5, 0.6) is 5.88 Å². The summed E-state index contributed by atoms with van der Waals surface area (Å²) in [6, 6.07) is 17.6. The minimum Gasteiger partial charge on any atom is -0.459 e. The van der Waals surface area contributed by atoms with Crippen molar-refractivity contribution in [3.8, 4) is 5.88 Å². The summed E-state index contributed by atoms with van der Waals surface area (Å²) in [6.07, 6.45) is 3.99. The molecule has 7 rings (SSSR count). The number of H-pyrrole nitrogens is 1. The lowest BCUT2D eigenvalue weighted by Crippen LogP contribution is -2.45. The molecule has 2 N–H and O–H groups in total. The lowest BCUT2D eigenvalue weighted by molar-refractivity contribution is -0.0249. The molecule has 14 heteroatoms. The Kier molecular flexibility index (Phi) is 9.87. The molecule has 3 fully saturated rings. The van der Waals surface area contributed by atoms with Crippen molar-refractivity contribution in [2.24, 2.45) is 17.8 Å². The van der Waals surface area contributed by atoms with Gasteiger partial charge in [0.1, 0.15) is 23.1 Å². The van der Waals surface area contributed by atoms with Crippen LogP contribution in [0.15, 0.2) is 60.7 Å². The van der Waals surface area contributed by atoms with Crippen LogP contribution in [0.2, 0.25) is 0 Å². The molecule has 1 saturated heterocycles. The fourth-order valence-corrected chi connectivity index (χ4v) is 10.0. The molecule has 2 saturated carbocycles. The van der Waals surface area contributed by atoms with E-state index in [0.717, 1.165) is 25.5 Å². The molecule has 4 aromatic rings. The molecule has 1 spiro atoms. The second-order valence-electron chi connectivity index (χ2n) is 15.7. The van der Waals surface area contributed by atoms with Crippen molar-refractivity contribution in [2.75, 3.05) is 11.2 Å². The number of esters is 1. The highest BCUT2D eigenvalue weighted by molar-refractivity contribution is 7.88. The van der Waals surface area contributed by atoms with Crippen LogP contribution in [0, 0.1) is 24.3 Å². The molecular formula is C40H48N6O7S. The molecule has 2 aromatic heterocycles. The van der Waals surface area contributed by atoms with Crippen molar-refractivity contribution in [3.63, 3.8) is 0 Å². The lowest BCUT2D eigenvalue weighted by atomic mass is 9.70. The number of nitrogens with one attached hydrogen (secondary N) is 2. The first kappa shape index (κ1) is 37.6. The number of nitrogens with zero attached hydrogens (tertiary/aromatic N) is 4.